The minimum atomic E-state index is -0.139. The average Bonchev–Trinajstić information content (AvgIpc) is 3.19. The van der Waals surface area contributed by atoms with Gasteiger partial charge in [-0.1, -0.05) is 39.0 Å². The first-order chi connectivity index (χ1) is 12.6. The van der Waals surface area contributed by atoms with Crippen LogP contribution in [0.4, 0.5) is 0 Å². The van der Waals surface area contributed by atoms with Gasteiger partial charge in [-0.2, -0.15) is 0 Å². The number of ether oxygens (including phenoxy) is 2. The van der Waals surface area contributed by atoms with Crippen LogP contribution < -0.4 is 16.9 Å². The molecule has 7 heteroatoms. The molecule has 7 nitrogen and oxygen atoms in total. The van der Waals surface area contributed by atoms with E-state index in [0.717, 1.165) is 18.5 Å². The molecule has 0 spiro atoms. The molecular formula is C19H34N4O3. The SMILES string of the molecule is CCCC(=O)NC1COC2C1OCC2N(N)/C=C(\N)CC1CCCCC1. The van der Waals surface area contributed by atoms with Crippen LogP contribution in [0.2, 0.25) is 0 Å². The Labute approximate surface area is 156 Å². The summed E-state index contributed by atoms with van der Waals surface area (Å²) in [5.74, 6) is 7.00. The van der Waals surface area contributed by atoms with Crippen molar-refractivity contribution in [1.82, 2.24) is 10.3 Å². The summed E-state index contributed by atoms with van der Waals surface area (Å²) >= 11 is 0. The van der Waals surface area contributed by atoms with Gasteiger partial charge in [0.15, 0.2) is 0 Å². The molecule has 3 fully saturated rings. The van der Waals surface area contributed by atoms with Gasteiger partial charge >= 0.3 is 0 Å². The summed E-state index contributed by atoms with van der Waals surface area (Å²) in [5.41, 5.74) is 7.07. The fraction of sp³-hybridized carbons (Fsp3) is 0.842. The van der Waals surface area contributed by atoms with Gasteiger partial charge in [0.1, 0.15) is 12.2 Å². The van der Waals surface area contributed by atoms with Crippen LogP contribution in [0, 0.1) is 5.92 Å². The monoisotopic (exact) mass is 366 g/mol. The molecule has 0 radical (unpaired) electrons. The van der Waals surface area contributed by atoms with Crippen molar-refractivity contribution in [2.45, 2.75) is 82.6 Å². The van der Waals surface area contributed by atoms with Crippen LogP contribution in [-0.4, -0.2) is 48.4 Å². The molecule has 4 unspecified atom stereocenters. The maximum Gasteiger partial charge on any atom is 0.220 e. The molecule has 0 aromatic carbocycles. The molecule has 0 aromatic rings. The highest BCUT2D eigenvalue weighted by atomic mass is 16.6. The number of nitrogens with one attached hydrogen (secondary N) is 1. The van der Waals surface area contributed by atoms with E-state index >= 15 is 0 Å². The summed E-state index contributed by atoms with van der Waals surface area (Å²) in [5, 5.41) is 4.67. The topological polar surface area (TPSA) is 103 Å². The van der Waals surface area contributed by atoms with Crippen LogP contribution in [0.15, 0.2) is 11.9 Å². The highest BCUT2D eigenvalue weighted by Gasteiger charge is 2.49. The number of amides is 1. The number of rotatable bonds is 7. The van der Waals surface area contributed by atoms with Gasteiger partial charge in [0.05, 0.1) is 25.3 Å². The van der Waals surface area contributed by atoms with E-state index in [1.807, 2.05) is 13.1 Å². The Balaban J connectivity index is 1.52. The van der Waals surface area contributed by atoms with Gasteiger partial charge in [-0.25, -0.2) is 5.84 Å². The van der Waals surface area contributed by atoms with E-state index in [0.29, 0.717) is 25.6 Å². The third-order valence-electron chi connectivity index (χ3n) is 5.80. The number of hydrogen-bond acceptors (Lipinski definition) is 6. The Bertz CT molecular complexity index is 507. The molecule has 0 aromatic heterocycles. The molecule has 5 N–H and O–H groups in total. The quantitative estimate of drug-likeness (QED) is 0.465. The van der Waals surface area contributed by atoms with Gasteiger partial charge in [0.25, 0.3) is 0 Å². The zero-order valence-corrected chi connectivity index (χ0v) is 15.9. The lowest BCUT2D eigenvalue weighted by Crippen LogP contribution is -2.47. The predicted octanol–water partition coefficient (Wildman–Crippen LogP) is 1.38. The third kappa shape index (κ3) is 4.69. The van der Waals surface area contributed by atoms with Crippen molar-refractivity contribution in [2.75, 3.05) is 13.2 Å². The Morgan fingerprint density at radius 3 is 2.65 bits per heavy atom. The summed E-state index contributed by atoms with van der Waals surface area (Å²) in [7, 11) is 0. The van der Waals surface area contributed by atoms with Crippen LogP contribution in [-0.2, 0) is 14.3 Å². The molecule has 0 bridgehead atoms. The molecule has 2 saturated heterocycles. The fourth-order valence-corrected chi connectivity index (χ4v) is 4.43. The van der Waals surface area contributed by atoms with E-state index in [1.165, 1.54) is 32.1 Å². The van der Waals surface area contributed by atoms with E-state index < -0.39 is 0 Å². The second-order valence-corrected chi connectivity index (χ2v) is 7.95. The molecule has 2 heterocycles. The smallest absolute Gasteiger partial charge is 0.220 e. The van der Waals surface area contributed by atoms with Crippen molar-refractivity contribution < 1.29 is 14.3 Å². The lowest BCUT2D eigenvalue weighted by atomic mass is 9.86. The second-order valence-electron chi connectivity index (χ2n) is 7.95. The lowest BCUT2D eigenvalue weighted by Gasteiger charge is -2.27. The van der Waals surface area contributed by atoms with Gasteiger partial charge in [-0.3, -0.25) is 4.79 Å². The summed E-state index contributed by atoms with van der Waals surface area (Å²) in [6.07, 6.45) is 10.3. The number of allylic oxidation sites excluding steroid dienone is 1. The van der Waals surface area contributed by atoms with E-state index in [-0.39, 0.29) is 30.2 Å². The van der Waals surface area contributed by atoms with Crippen LogP contribution in [0.3, 0.4) is 0 Å². The van der Waals surface area contributed by atoms with Gasteiger partial charge < -0.3 is 25.5 Å². The number of nitrogens with two attached hydrogens (primary N) is 2. The number of carbonyl (C=O) groups excluding carboxylic acids is 1. The van der Waals surface area contributed by atoms with Crippen molar-refractivity contribution in [2.24, 2.45) is 17.5 Å². The molecule has 1 saturated carbocycles. The van der Waals surface area contributed by atoms with Gasteiger partial charge in [0.2, 0.25) is 5.91 Å². The number of hydrazine groups is 1. The first kappa shape index (κ1) is 19.5. The van der Waals surface area contributed by atoms with E-state index in [1.54, 1.807) is 5.01 Å². The van der Waals surface area contributed by atoms with E-state index in [9.17, 15) is 4.79 Å². The van der Waals surface area contributed by atoms with Crippen LogP contribution in [0.1, 0.15) is 58.3 Å². The zero-order valence-electron chi connectivity index (χ0n) is 15.9. The Morgan fingerprint density at radius 1 is 1.19 bits per heavy atom. The Hall–Kier alpha value is -1.31. The fourth-order valence-electron chi connectivity index (χ4n) is 4.43. The molecule has 26 heavy (non-hydrogen) atoms. The Kier molecular flexibility index (Phi) is 6.78. The molecule has 2 aliphatic heterocycles. The number of nitrogens with zero attached hydrogens (tertiary/aromatic N) is 1. The highest BCUT2D eigenvalue weighted by Crippen LogP contribution is 2.31. The van der Waals surface area contributed by atoms with Gasteiger partial charge in [-0.15, -0.1) is 0 Å². The van der Waals surface area contributed by atoms with Crippen LogP contribution in [0.25, 0.3) is 0 Å². The summed E-state index contributed by atoms with van der Waals surface area (Å²) in [4.78, 5) is 11.9. The number of hydrogen-bond donors (Lipinski definition) is 3. The molecule has 3 aliphatic rings. The number of carbonyl (C=O) groups is 1. The molecule has 3 rings (SSSR count). The second kappa shape index (κ2) is 9.06. The van der Waals surface area contributed by atoms with Crippen molar-refractivity contribution in [3.8, 4) is 0 Å². The van der Waals surface area contributed by atoms with Crippen molar-refractivity contribution in [3.63, 3.8) is 0 Å². The summed E-state index contributed by atoms with van der Waals surface area (Å²) in [6.45, 7) is 2.95. The first-order valence-electron chi connectivity index (χ1n) is 10.1. The minimum Gasteiger partial charge on any atom is -0.401 e. The van der Waals surface area contributed by atoms with Crippen LogP contribution in [0.5, 0.6) is 0 Å². The maximum absolute atomic E-state index is 11.9. The maximum atomic E-state index is 11.9. The first-order valence-corrected chi connectivity index (χ1v) is 10.1. The van der Waals surface area contributed by atoms with E-state index in [4.69, 9.17) is 21.1 Å². The average molecular weight is 367 g/mol. The largest absolute Gasteiger partial charge is 0.401 e. The molecule has 1 amide bonds. The van der Waals surface area contributed by atoms with Crippen LogP contribution >= 0.6 is 0 Å². The zero-order chi connectivity index (χ0) is 18.5. The van der Waals surface area contributed by atoms with Crippen molar-refractivity contribution in [1.29, 1.82) is 0 Å². The molecule has 148 valence electrons. The van der Waals surface area contributed by atoms with E-state index in [2.05, 4.69) is 5.32 Å². The predicted molar refractivity (Wildman–Crippen MR) is 99.6 cm³/mol. The number of fused-ring (bicyclic) bond motifs is 1. The Morgan fingerprint density at radius 2 is 1.92 bits per heavy atom. The summed E-state index contributed by atoms with van der Waals surface area (Å²) < 4.78 is 11.8. The standard InChI is InChI=1S/C19H34N4O3/c1-2-6-17(24)22-15-11-25-19-16(12-26-18(15)19)23(21)10-14(20)9-13-7-4-3-5-8-13/h10,13,15-16,18-19H,2-9,11-12,20-21H2,1H3,(H,22,24)/b14-10-. The van der Waals surface area contributed by atoms with Gasteiger partial charge in [0, 0.05) is 18.3 Å². The molecular weight excluding hydrogens is 332 g/mol. The molecule has 4 atom stereocenters. The van der Waals surface area contributed by atoms with Crippen molar-refractivity contribution in [3.05, 3.63) is 11.9 Å². The minimum absolute atomic E-state index is 0.0510. The third-order valence-corrected chi connectivity index (χ3v) is 5.80. The van der Waals surface area contributed by atoms with Gasteiger partial charge in [-0.05, 0) is 18.8 Å². The normalized spacial score (nSPS) is 32.5. The van der Waals surface area contributed by atoms with Crippen molar-refractivity contribution >= 4 is 5.91 Å². The molecule has 1 aliphatic carbocycles. The lowest BCUT2D eigenvalue weighted by molar-refractivity contribution is -0.122. The summed E-state index contributed by atoms with van der Waals surface area (Å²) in [6, 6.07) is -0.168. The highest BCUT2D eigenvalue weighted by molar-refractivity contribution is 5.76.